The second-order valence-electron chi connectivity index (χ2n) is 6.30. The first kappa shape index (κ1) is 16.2. The van der Waals surface area contributed by atoms with Crippen LogP contribution in [0.3, 0.4) is 0 Å². The molecule has 1 amide bonds. The number of rotatable bonds is 4. The van der Waals surface area contributed by atoms with E-state index in [-0.39, 0.29) is 11.8 Å². The van der Waals surface area contributed by atoms with E-state index in [1.807, 2.05) is 30.3 Å². The number of nitrogens with zero attached hydrogens (tertiary/aromatic N) is 2. The number of benzene rings is 1. The van der Waals surface area contributed by atoms with Crippen LogP contribution in [0.15, 0.2) is 35.7 Å². The van der Waals surface area contributed by atoms with Crippen molar-refractivity contribution < 1.29 is 13.2 Å². The predicted octanol–water partition coefficient (Wildman–Crippen LogP) is 1.79. The molecule has 0 N–H and O–H groups in total. The first-order chi connectivity index (χ1) is 11.0. The average Bonchev–Trinajstić information content (AvgIpc) is 3.30. The van der Waals surface area contributed by atoms with Gasteiger partial charge < -0.3 is 4.90 Å². The van der Waals surface area contributed by atoms with E-state index < -0.39 is 10.0 Å². The van der Waals surface area contributed by atoms with Crippen molar-refractivity contribution in [3.63, 3.8) is 0 Å². The van der Waals surface area contributed by atoms with E-state index in [9.17, 15) is 13.2 Å². The molecule has 124 valence electrons. The van der Waals surface area contributed by atoms with Crippen LogP contribution in [-0.4, -0.2) is 49.7 Å². The van der Waals surface area contributed by atoms with E-state index in [1.54, 1.807) is 11.0 Å². The van der Waals surface area contributed by atoms with Crippen molar-refractivity contribution in [2.75, 3.05) is 26.2 Å². The number of hydrogen-bond donors (Lipinski definition) is 0. The van der Waals surface area contributed by atoms with Crippen molar-refractivity contribution >= 4 is 22.0 Å². The number of hydrogen-bond acceptors (Lipinski definition) is 3. The molecule has 1 saturated heterocycles. The minimum atomic E-state index is -3.43. The van der Waals surface area contributed by atoms with Crippen molar-refractivity contribution in [3.8, 4) is 0 Å². The molecule has 0 aromatic heterocycles. The van der Waals surface area contributed by atoms with Crippen molar-refractivity contribution in [3.05, 3.63) is 41.3 Å². The van der Waals surface area contributed by atoms with E-state index >= 15 is 0 Å². The minimum Gasteiger partial charge on any atom is -0.340 e. The Morgan fingerprint density at radius 1 is 1.13 bits per heavy atom. The Bertz CT molecular complexity index is 692. The van der Waals surface area contributed by atoms with Gasteiger partial charge in [-0.3, -0.25) is 4.79 Å². The van der Waals surface area contributed by atoms with E-state index in [1.165, 1.54) is 9.71 Å². The van der Waals surface area contributed by atoms with Crippen molar-refractivity contribution in [1.82, 2.24) is 9.21 Å². The highest BCUT2D eigenvalue weighted by atomic mass is 32.2. The summed E-state index contributed by atoms with van der Waals surface area (Å²) >= 11 is 0. The van der Waals surface area contributed by atoms with Gasteiger partial charge in [0.15, 0.2) is 0 Å². The second kappa shape index (κ2) is 6.45. The van der Waals surface area contributed by atoms with Crippen LogP contribution in [0.25, 0.3) is 6.08 Å². The molecular weight excluding hydrogens is 312 g/mol. The van der Waals surface area contributed by atoms with Crippen LogP contribution < -0.4 is 0 Å². The predicted molar refractivity (Wildman–Crippen MR) is 89.8 cm³/mol. The Morgan fingerprint density at radius 3 is 2.30 bits per heavy atom. The summed E-state index contributed by atoms with van der Waals surface area (Å²) in [5, 5.41) is 1.25. The first-order valence-corrected chi connectivity index (χ1v) is 9.50. The SMILES string of the molecule is C[C@@H]1C[C@@H]1C(=O)N1CCN(S(=O)(=O)/C=C/c2ccccc2)CC1. The summed E-state index contributed by atoms with van der Waals surface area (Å²) in [6.07, 6.45) is 2.58. The lowest BCUT2D eigenvalue weighted by molar-refractivity contribution is -0.134. The Kier molecular flexibility index (Phi) is 4.55. The zero-order valence-electron chi connectivity index (χ0n) is 13.3. The van der Waals surface area contributed by atoms with Gasteiger partial charge in [-0.1, -0.05) is 37.3 Å². The zero-order chi connectivity index (χ0) is 16.4. The second-order valence-corrected chi connectivity index (χ2v) is 8.12. The highest BCUT2D eigenvalue weighted by Crippen LogP contribution is 2.39. The van der Waals surface area contributed by atoms with Crippen LogP contribution in [-0.2, 0) is 14.8 Å². The molecule has 0 unspecified atom stereocenters. The van der Waals surface area contributed by atoms with Crippen molar-refractivity contribution in [2.45, 2.75) is 13.3 Å². The van der Waals surface area contributed by atoms with Gasteiger partial charge in [0.2, 0.25) is 15.9 Å². The van der Waals surface area contributed by atoms with Crippen LogP contribution >= 0.6 is 0 Å². The third-order valence-electron chi connectivity index (χ3n) is 4.57. The van der Waals surface area contributed by atoms with Crippen LogP contribution in [0.4, 0.5) is 0 Å². The fourth-order valence-electron chi connectivity index (χ4n) is 2.88. The molecule has 5 nitrogen and oxygen atoms in total. The Balaban J connectivity index is 1.58. The summed E-state index contributed by atoms with van der Waals surface area (Å²) in [7, 11) is -3.43. The Morgan fingerprint density at radius 2 is 1.74 bits per heavy atom. The molecule has 23 heavy (non-hydrogen) atoms. The van der Waals surface area contributed by atoms with E-state index in [0.717, 1.165) is 12.0 Å². The number of piperazine rings is 1. The standard InChI is InChI=1S/C17H22N2O3S/c1-14-13-16(14)17(20)18-8-10-19(11-9-18)23(21,22)12-7-15-5-3-2-4-6-15/h2-7,12,14,16H,8-11,13H2,1H3/b12-7+/t14-,16+/m1/s1. The number of carbonyl (C=O) groups is 1. The summed E-state index contributed by atoms with van der Waals surface area (Å²) in [4.78, 5) is 14.0. The van der Waals surface area contributed by atoms with Gasteiger partial charge in [0.05, 0.1) is 0 Å². The third-order valence-corrected chi connectivity index (χ3v) is 6.13. The Labute approximate surface area is 137 Å². The lowest BCUT2D eigenvalue weighted by atomic mass is 10.2. The maximum Gasteiger partial charge on any atom is 0.236 e. The van der Waals surface area contributed by atoms with Crippen molar-refractivity contribution in [1.29, 1.82) is 0 Å². The van der Waals surface area contributed by atoms with Gasteiger partial charge in [-0.05, 0) is 24.0 Å². The average molecular weight is 334 g/mol. The fourth-order valence-corrected chi connectivity index (χ4v) is 4.05. The van der Waals surface area contributed by atoms with Gasteiger partial charge in [0.25, 0.3) is 0 Å². The summed E-state index contributed by atoms with van der Waals surface area (Å²) in [6.45, 7) is 3.79. The Hall–Kier alpha value is -1.66. The lowest BCUT2D eigenvalue weighted by Gasteiger charge is -2.33. The number of sulfonamides is 1. The maximum absolute atomic E-state index is 12.4. The van der Waals surface area contributed by atoms with Crippen molar-refractivity contribution in [2.24, 2.45) is 11.8 Å². The van der Waals surface area contributed by atoms with Gasteiger partial charge in [-0.15, -0.1) is 0 Å². The van der Waals surface area contributed by atoms with E-state index in [4.69, 9.17) is 0 Å². The topological polar surface area (TPSA) is 57.7 Å². The summed E-state index contributed by atoms with van der Waals surface area (Å²) in [5.41, 5.74) is 0.854. The molecule has 1 aromatic carbocycles. The molecule has 1 heterocycles. The quantitative estimate of drug-likeness (QED) is 0.843. The third kappa shape index (κ3) is 3.82. The monoisotopic (exact) mass is 334 g/mol. The summed E-state index contributed by atoms with van der Waals surface area (Å²) in [5.74, 6) is 0.837. The molecule has 0 radical (unpaired) electrons. The lowest BCUT2D eigenvalue weighted by Crippen LogP contribution is -2.50. The van der Waals surface area contributed by atoms with E-state index in [0.29, 0.717) is 32.1 Å². The van der Waals surface area contributed by atoms with Crippen LogP contribution in [0.2, 0.25) is 0 Å². The molecule has 1 saturated carbocycles. The largest absolute Gasteiger partial charge is 0.340 e. The maximum atomic E-state index is 12.4. The molecular formula is C17H22N2O3S. The van der Waals surface area contributed by atoms with Gasteiger partial charge >= 0.3 is 0 Å². The van der Waals surface area contributed by atoms with Gasteiger partial charge in [-0.25, -0.2) is 8.42 Å². The summed E-state index contributed by atoms with van der Waals surface area (Å²) < 4.78 is 26.2. The molecule has 0 spiro atoms. The number of amides is 1. The highest BCUT2D eigenvalue weighted by Gasteiger charge is 2.42. The molecule has 2 atom stereocenters. The normalized spacial score (nSPS) is 25.7. The molecule has 0 bridgehead atoms. The molecule has 1 aliphatic heterocycles. The molecule has 2 fully saturated rings. The summed E-state index contributed by atoms with van der Waals surface area (Å²) in [6, 6.07) is 9.35. The van der Waals surface area contributed by atoms with Gasteiger partial charge in [0.1, 0.15) is 0 Å². The first-order valence-electron chi connectivity index (χ1n) is 7.99. The molecule has 1 aromatic rings. The van der Waals surface area contributed by atoms with Crippen LogP contribution in [0, 0.1) is 11.8 Å². The van der Waals surface area contributed by atoms with Gasteiger partial charge in [-0.2, -0.15) is 4.31 Å². The highest BCUT2D eigenvalue weighted by molar-refractivity contribution is 7.92. The number of carbonyl (C=O) groups excluding carboxylic acids is 1. The minimum absolute atomic E-state index is 0.163. The van der Waals surface area contributed by atoms with E-state index in [2.05, 4.69) is 6.92 Å². The van der Waals surface area contributed by atoms with Crippen LogP contribution in [0.1, 0.15) is 18.9 Å². The molecule has 3 rings (SSSR count). The van der Waals surface area contributed by atoms with Crippen LogP contribution in [0.5, 0.6) is 0 Å². The zero-order valence-corrected chi connectivity index (χ0v) is 14.1. The fraction of sp³-hybridized carbons (Fsp3) is 0.471. The van der Waals surface area contributed by atoms with Gasteiger partial charge in [0, 0.05) is 37.5 Å². The smallest absolute Gasteiger partial charge is 0.236 e. The molecule has 6 heteroatoms. The molecule has 2 aliphatic rings. The molecule has 1 aliphatic carbocycles.